The number of carbonyl (C=O) groups excluding carboxylic acids is 1. The number of benzene rings is 5. The van der Waals surface area contributed by atoms with Crippen LogP contribution in [-0.2, 0) is 4.18 Å². The van der Waals surface area contributed by atoms with Crippen molar-refractivity contribution in [1.29, 1.82) is 0 Å². The van der Waals surface area contributed by atoms with E-state index in [1.165, 1.54) is 0 Å². The first-order chi connectivity index (χ1) is 16.4. The van der Waals surface area contributed by atoms with Crippen LogP contribution in [-0.4, -0.2) is 10.7 Å². The van der Waals surface area contributed by atoms with E-state index in [9.17, 15) is 4.79 Å². The van der Waals surface area contributed by atoms with Crippen LogP contribution in [0.2, 0.25) is 0 Å². The van der Waals surface area contributed by atoms with E-state index in [1.54, 1.807) is 0 Å². The van der Waals surface area contributed by atoms with Gasteiger partial charge in [-0.15, -0.1) is 0 Å². The minimum atomic E-state index is -2.32. The molecule has 0 amide bonds. The first kappa shape index (κ1) is 22.2. The van der Waals surface area contributed by atoms with Crippen molar-refractivity contribution >= 4 is 37.8 Å². The fourth-order valence-electron chi connectivity index (χ4n) is 4.62. The lowest BCUT2D eigenvalue weighted by atomic mass is 10.1. The van der Waals surface area contributed by atoms with Crippen molar-refractivity contribution in [3.8, 4) is 0 Å². The van der Waals surface area contributed by atoms with E-state index in [4.69, 9.17) is 4.18 Å². The van der Waals surface area contributed by atoms with Crippen LogP contribution >= 0.6 is 10.3 Å². The summed E-state index contributed by atoms with van der Waals surface area (Å²) in [4.78, 5) is 15.9. The Balaban J connectivity index is 1.89. The standard InChI is InChI=1S/C31H28O2S/c1-31(2,3)34(33-30(32)25-15-5-4-6-16-25,28-21-11-17-23-13-7-9-19-26(23)28)29-22-12-18-24-14-8-10-20-27(24)29/h4-22H,1-3H3. The summed E-state index contributed by atoms with van der Waals surface area (Å²) in [5.74, 6) is -0.300. The van der Waals surface area contributed by atoms with Crippen molar-refractivity contribution < 1.29 is 8.98 Å². The molecule has 0 radical (unpaired) electrons. The van der Waals surface area contributed by atoms with Gasteiger partial charge in [0, 0.05) is 14.5 Å². The predicted molar refractivity (Wildman–Crippen MR) is 144 cm³/mol. The minimum absolute atomic E-state index is 0.300. The van der Waals surface area contributed by atoms with Crippen molar-refractivity contribution in [3.63, 3.8) is 0 Å². The molecular formula is C31H28O2S. The maximum Gasteiger partial charge on any atom is 0.349 e. The van der Waals surface area contributed by atoms with Crippen molar-refractivity contribution in [2.45, 2.75) is 35.3 Å². The van der Waals surface area contributed by atoms with E-state index in [-0.39, 0.29) is 10.7 Å². The van der Waals surface area contributed by atoms with Gasteiger partial charge in [-0.25, -0.2) is 4.79 Å². The molecule has 0 saturated heterocycles. The molecule has 0 unspecified atom stereocenters. The Morgan fingerprint density at radius 3 is 1.53 bits per heavy atom. The molecule has 5 aromatic rings. The molecule has 0 aliphatic heterocycles. The van der Waals surface area contributed by atoms with Gasteiger partial charge < -0.3 is 4.18 Å². The Morgan fingerprint density at radius 2 is 1.03 bits per heavy atom. The number of carbonyl (C=O) groups is 1. The molecule has 170 valence electrons. The zero-order valence-corrected chi connectivity index (χ0v) is 20.5. The zero-order chi connectivity index (χ0) is 23.8. The van der Waals surface area contributed by atoms with Crippen LogP contribution in [0.1, 0.15) is 31.1 Å². The molecular weight excluding hydrogens is 436 g/mol. The van der Waals surface area contributed by atoms with Gasteiger partial charge in [0.05, 0.1) is 5.56 Å². The van der Waals surface area contributed by atoms with Crippen molar-refractivity contribution in [2.24, 2.45) is 0 Å². The molecule has 5 aromatic carbocycles. The van der Waals surface area contributed by atoms with Gasteiger partial charge in [0.1, 0.15) is 0 Å². The molecule has 0 bridgehead atoms. The highest BCUT2D eigenvalue weighted by Gasteiger charge is 2.46. The van der Waals surface area contributed by atoms with Gasteiger partial charge in [-0.1, -0.05) is 91.0 Å². The van der Waals surface area contributed by atoms with Crippen LogP contribution in [0.3, 0.4) is 0 Å². The summed E-state index contributed by atoms with van der Waals surface area (Å²) in [6, 6.07) is 38.7. The number of hydrogen-bond donors (Lipinski definition) is 0. The van der Waals surface area contributed by atoms with Crippen LogP contribution in [0.4, 0.5) is 0 Å². The zero-order valence-electron chi connectivity index (χ0n) is 19.7. The summed E-state index contributed by atoms with van der Waals surface area (Å²) in [6.45, 7) is 6.55. The molecule has 0 aliphatic carbocycles. The molecule has 0 saturated carbocycles. The molecule has 0 spiro atoms. The second kappa shape index (κ2) is 8.66. The van der Waals surface area contributed by atoms with E-state index >= 15 is 0 Å². The second-order valence-electron chi connectivity index (χ2n) is 9.36. The summed E-state index contributed by atoms with van der Waals surface area (Å²) in [5, 5.41) is 4.50. The van der Waals surface area contributed by atoms with Crippen LogP contribution in [0.15, 0.2) is 125 Å². The Morgan fingerprint density at radius 1 is 0.588 bits per heavy atom. The highest BCUT2D eigenvalue weighted by atomic mass is 32.3. The van der Waals surface area contributed by atoms with Crippen molar-refractivity contribution in [2.75, 3.05) is 0 Å². The molecule has 0 atom stereocenters. The lowest BCUT2D eigenvalue weighted by Gasteiger charge is -2.50. The van der Waals surface area contributed by atoms with Gasteiger partial charge in [0.15, 0.2) is 0 Å². The largest absolute Gasteiger partial charge is 0.402 e. The summed E-state index contributed by atoms with van der Waals surface area (Å²) < 4.78 is 6.44. The minimum Gasteiger partial charge on any atom is -0.402 e. The van der Waals surface area contributed by atoms with Gasteiger partial charge in [-0.05, 0) is 76.9 Å². The highest BCUT2D eigenvalue weighted by molar-refractivity contribution is 8.31. The Labute approximate surface area is 202 Å². The van der Waals surface area contributed by atoms with E-state index in [1.807, 2.05) is 42.5 Å². The average Bonchev–Trinajstić information content (AvgIpc) is 2.86. The molecule has 3 heteroatoms. The molecule has 0 N–H and O–H groups in total. The van der Waals surface area contributed by atoms with Crippen LogP contribution in [0.5, 0.6) is 0 Å². The van der Waals surface area contributed by atoms with Crippen LogP contribution < -0.4 is 0 Å². The topological polar surface area (TPSA) is 26.3 Å². The molecule has 2 nitrogen and oxygen atoms in total. The molecule has 0 heterocycles. The number of fused-ring (bicyclic) bond motifs is 2. The maximum atomic E-state index is 13.7. The van der Waals surface area contributed by atoms with Gasteiger partial charge >= 0.3 is 5.97 Å². The normalized spacial score (nSPS) is 12.6. The maximum absolute atomic E-state index is 13.7. The number of rotatable bonds is 4. The predicted octanol–water partition coefficient (Wildman–Crippen LogP) is 8.79. The lowest BCUT2D eigenvalue weighted by Crippen LogP contribution is -2.30. The first-order valence-electron chi connectivity index (χ1n) is 11.5. The van der Waals surface area contributed by atoms with E-state index in [2.05, 4.69) is 93.6 Å². The molecule has 0 aromatic heterocycles. The fraction of sp³-hybridized carbons (Fsp3) is 0.129. The monoisotopic (exact) mass is 464 g/mol. The Hall–Kier alpha value is -3.56. The number of hydrogen-bond acceptors (Lipinski definition) is 2. The highest BCUT2D eigenvalue weighted by Crippen LogP contribution is 2.73. The van der Waals surface area contributed by atoms with Gasteiger partial charge in [0.2, 0.25) is 0 Å². The third-order valence-corrected chi connectivity index (χ3v) is 10.3. The summed E-state index contributed by atoms with van der Waals surface area (Å²) in [5.41, 5.74) is 0.559. The third-order valence-electron chi connectivity index (χ3n) is 6.19. The molecule has 0 fully saturated rings. The lowest BCUT2D eigenvalue weighted by molar-refractivity contribution is 0.0753. The second-order valence-corrected chi connectivity index (χ2v) is 12.7. The van der Waals surface area contributed by atoms with Gasteiger partial charge in [-0.3, -0.25) is 0 Å². The van der Waals surface area contributed by atoms with Crippen molar-refractivity contribution in [1.82, 2.24) is 0 Å². The fourth-order valence-corrected chi connectivity index (χ4v) is 8.46. The van der Waals surface area contributed by atoms with Gasteiger partial charge in [0.25, 0.3) is 0 Å². The molecule has 0 aliphatic rings. The van der Waals surface area contributed by atoms with E-state index in [0.717, 1.165) is 31.3 Å². The molecule has 34 heavy (non-hydrogen) atoms. The Bertz CT molecular complexity index is 1390. The van der Waals surface area contributed by atoms with E-state index < -0.39 is 10.3 Å². The van der Waals surface area contributed by atoms with Crippen molar-refractivity contribution in [3.05, 3.63) is 121 Å². The van der Waals surface area contributed by atoms with Gasteiger partial charge in [-0.2, -0.15) is 0 Å². The average molecular weight is 465 g/mol. The van der Waals surface area contributed by atoms with Crippen LogP contribution in [0, 0.1) is 0 Å². The smallest absolute Gasteiger partial charge is 0.349 e. The summed E-state index contributed by atoms with van der Waals surface area (Å²) in [6.07, 6.45) is 0. The Kier molecular flexibility index (Phi) is 5.66. The summed E-state index contributed by atoms with van der Waals surface area (Å²) in [7, 11) is -2.32. The summed E-state index contributed by atoms with van der Waals surface area (Å²) >= 11 is 0. The third kappa shape index (κ3) is 3.66. The van der Waals surface area contributed by atoms with Crippen LogP contribution in [0.25, 0.3) is 21.5 Å². The quantitative estimate of drug-likeness (QED) is 0.266. The molecule has 5 rings (SSSR count). The SMILES string of the molecule is CC(C)(C)S(OC(=O)c1ccccc1)(c1cccc2ccccc12)c1cccc2ccccc12. The first-order valence-corrected chi connectivity index (χ1v) is 13.0. The van der Waals surface area contributed by atoms with E-state index in [0.29, 0.717) is 5.56 Å².